The lowest BCUT2D eigenvalue weighted by Crippen LogP contribution is -2.57. The molecule has 2 fully saturated rings. The minimum atomic E-state index is -3.49. The first-order valence-electron chi connectivity index (χ1n) is 7.41. The molecule has 0 aliphatic carbocycles. The van der Waals surface area contributed by atoms with Gasteiger partial charge in [0.05, 0.1) is 17.7 Å². The third-order valence-electron chi connectivity index (χ3n) is 4.12. The fourth-order valence-corrected chi connectivity index (χ4v) is 5.77. The Bertz CT molecular complexity index is 658. The van der Waals surface area contributed by atoms with Crippen molar-refractivity contribution < 1.29 is 13.2 Å². The van der Waals surface area contributed by atoms with Crippen LogP contribution >= 0.6 is 11.3 Å². The molecular weight excluding hydrogens is 324 g/mol. The largest absolute Gasteiger partial charge is 0.336 e. The summed E-state index contributed by atoms with van der Waals surface area (Å²) in [4.78, 5) is 17.9. The Balaban J connectivity index is 1.76. The van der Waals surface area contributed by atoms with Crippen molar-refractivity contribution in [1.29, 1.82) is 0 Å². The number of hydrogen-bond donors (Lipinski definition) is 1. The number of piperidine rings is 1. The van der Waals surface area contributed by atoms with Gasteiger partial charge in [0.15, 0.2) is 4.21 Å². The molecule has 0 spiro atoms. The van der Waals surface area contributed by atoms with Gasteiger partial charge in [-0.1, -0.05) is 0 Å². The van der Waals surface area contributed by atoms with E-state index in [2.05, 4.69) is 10.3 Å². The Labute approximate surface area is 134 Å². The molecule has 1 unspecified atom stereocenters. The van der Waals surface area contributed by atoms with Gasteiger partial charge in [0, 0.05) is 32.2 Å². The molecule has 2 aliphatic rings. The lowest BCUT2D eigenvalue weighted by atomic mass is 10.1. The number of nitrogens with zero attached hydrogens (tertiary/aromatic N) is 3. The maximum atomic E-state index is 12.7. The second-order valence-electron chi connectivity index (χ2n) is 5.62. The maximum Gasteiger partial charge on any atom is 0.254 e. The molecule has 1 aromatic heterocycles. The minimum absolute atomic E-state index is 0.0212. The van der Waals surface area contributed by atoms with E-state index in [9.17, 15) is 13.2 Å². The van der Waals surface area contributed by atoms with Crippen LogP contribution in [0.1, 0.15) is 17.8 Å². The summed E-state index contributed by atoms with van der Waals surface area (Å²) in [6, 6.07) is -0.0212. The lowest BCUT2D eigenvalue weighted by Gasteiger charge is -2.40. The van der Waals surface area contributed by atoms with Crippen LogP contribution < -0.4 is 5.32 Å². The summed E-state index contributed by atoms with van der Waals surface area (Å²) in [6.07, 6.45) is 3.06. The number of nitrogens with one attached hydrogen (secondary N) is 1. The zero-order valence-corrected chi connectivity index (χ0v) is 14.1. The van der Waals surface area contributed by atoms with Gasteiger partial charge in [-0.15, -0.1) is 11.3 Å². The molecule has 1 atom stereocenters. The molecule has 1 N–H and O–H groups in total. The van der Waals surface area contributed by atoms with Crippen LogP contribution in [0, 0.1) is 6.92 Å². The number of carbonyl (C=O) groups excluding carboxylic acids is 1. The monoisotopic (exact) mass is 344 g/mol. The van der Waals surface area contributed by atoms with Crippen molar-refractivity contribution >= 4 is 27.3 Å². The molecule has 0 bridgehead atoms. The number of carbonyl (C=O) groups is 1. The first-order valence-corrected chi connectivity index (χ1v) is 9.67. The molecule has 0 radical (unpaired) electrons. The van der Waals surface area contributed by atoms with Crippen LogP contribution in [0.25, 0.3) is 0 Å². The molecule has 0 saturated carbocycles. The fourth-order valence-electron chi connectivity index (χ4n) is 2.99. The van der Waals surface area contributed by atoms with Crippen molar-refractivity contribution in [2.24, 2.45) is 0 Å². The predicted molar refractivity (Wildman–Crippen MR) is 83.2 cm³/mol. The van der Waals surface area contributed by atoms with Crippen molar-refractivity contribution in [3.05, 3.63) is 11.2 Å². The summed E-state index contributed by atoms with van der Waals surface area (Å²) in [5.74, 6) is 0.0594. The lowest BCUT2D eigenvalue weighted by molar-refractivity contribution is -0.135. The van der Waals surface area contributed by atoms with E-state index in [1.165, 1.54) is 21.8 Å². The van der Waals surface area contributed by atoms with Gasteiger partial charge < -0.3 is 10.2 Å². The van der Waals surface area contributed by atoms with Crippen molar-refractivity contribution in [2.75, 3.05) is 32.7 Å². The van der Waals surface area contributed by atoms with E-state index >= 15 is 0 Å². The van der Waals surface area contributed by atoms with Crippen LogP contribution in [0.3, 0.4) is 0 Å². The smallest absolute Gasteiger partial charge is 0.254 e. The quantitative estimate of drug-likeness (QED) is 0.837. The number of thiazole rings is 1. The Morgan fingerprint density at radius 2 is 2.23 bits per heavy atom. The normalized spacial score (nSPS) is 24.7. The van der Waals surface area contributed by atoms with E-state index in [4.69, 9.17) is 0 Å². The summed E-state index contributed by atoms with van der Waals surface area (Å²) < 4.78 is 27.2. The second kappa shape index (κ2) is 6.23. The molecule has 122 valence electrons. The Kier molecular flexibility index (Phi) is 4.49. The summed E-state index contributed by atoms with van der Waals surface area (Å²) in [5.41, 5.74) is 0. The minimum Gasteiger partial charge on any atom is -0.336 e. The number of rotatable bonds is 3. The third-order valence-corrected chi connectivity index (χ3v) is 7.33. The first kappa shape index (κ1) is 15.9. The average Bonchev–Trinajstić information content (AvgIpc) is 2.95. The summed E-state index contributed by atoms with van der Waals surface area (Å²) in [7, 11) is -3.49. The predicted octanol–water partition coefficient (Wildman–Crippen LogP) is 0.0364. The number of hydrogen-bond acceptors (Lipinski definition) is 6. The molecule has 2 saturated heterocycles. The highest BCUT2D eigenvalue weighted by molar-refractivity contribution is 7.91. The van der Waals surface area contributed by atoms with Crippen LogP contribution in [0.15, 0.2) is 10.4 Å². The van der Waals surface area contributed by atoms with Crippen LogP contribution in [-0.2, 0) is 14.8 Å². The molecule has 3 rings (SSSR count). The number of piperazine rings is 1. The van der Waals surface area contributed by atoms with Crippen molar-refractivity contribution in [3.8, 4) is 0 Å². The summed E-state index contributed by atoms with van der Waals surface area (Å²) in [6.45, 7) is 4.44. The molecule has 1 aromatic rings. The van der Waals surface area contributed by atoms with E-state index in [0.29, 0.717) is 26.2 Å². The zero-order chi connectivity index (χ0) is 15.7. The molecule has 1 amide bonds. The van der Waals surface area contributed by atoms with Crippen LogP contribution in [0.2, 0.25) is 0 Å². The van der Waals surface area contributed by atoms with Crippen molar-refractivity contribution in [3.63, 3.8) is 0 Å². The van der Waals surface area contributed by atoms with Crippen molar-refractivity contribution in [2.45, 2.75) is 30.0 Å². The van der Waals surface area contributed by atoms with Gasteiger partial charge in [0.1, 0.15) is 0 Å². The maximum absolute atomic E-state index is 12.7. The van der Waals surface area contributed by atoms with Gasteiger partial charge in [-0.3, -0.25) is 4.79 Å². The zero-order valence-electron chi connectivity index (χ0n) is 12.5. The number of aromatic nitrogens is 1. The van der Waals surface area contributed by atoms with Gasteiger partial charge in [0.2, 0.25) is 5.91 Å². The first-order chi connectivity index (χ1) is 10.5. The molecule has 7 nitrogen and oxygen atoms in total. The third kappa shape index (κ3) is 3.03. The van der Waals surface area contributed by atoms with Gasteiger partial charge in [-0.2, -0.15) is 4.31 Å². The Morgan fingerprint density at radius 3 is 2.91 bits per heavy atom. The highest BCUT2D eigenvalue weighted by Gasteiger charge is 2.35. The van der Waals surface area contributed by atoms with Gasteiger partial charge in [-0.25, -0.2) is 13.4 Å². The summed E-state index contributed by atoms with van der Waals surface area (Å²) >= 11 is 1.19. The van der Waals surface area contributed by atoms with Crippen LogP contribution in [-0.4, -0.2) is 67.3 Å². The van der Waals surface area contributed by atoms with Crippen LogP contribution in [0.5, 0.6) is 0 Å². The molecule has 22 heavy (non-hydrogen) atoms. The average molecular weight is 344 g/mol. The van der Waals surface area contributed by atoms with Crippen molar-refractivity contribution in [1.82, 2.24) is 19.5 Å². The fraction of sp³-hybridized carbons (Fsp3) is 0.692. The van der Waals surface area contributed by atoms with E-state index in [-0.39, 0.29) is 16.2 Å². The molecule has 2 aliphatic heterocycles. The van der Waals surface area contributed by atoms with Gasteiger partial charge in [0.25, 0.3) is 10.0 Å². The van der Waals surface area contributed by atoms with E-state index < -0.39 is 10.0 Å². The number of sulfonamides is 1. The summed E-state index contributed by atoms with van der Waals surface area (Å²) in [5, 5.41) is 3.78. The highest BCUT2D eigenvalue weighted by Crippen LogP contribution is 2.26. The van der Waals surface area contributed by atoms with E-state index in [1.807, 2.05) is 4.90 Å². The Morgan fingerprint density at radius 1 is 1.41 bits per heavy atom. The SMILES string of the molecule is Cc1ncc(S(=O)(=O)N2CCCC(N3CCNCC3=O)C2)s1. The number of aryl methyl sites for hydroxylation is 1. The number of amides is 1. The van der Waals surface area contributed by atoms with Crippen LogP contribution in [0.4, 0.5) is 0 Å². The molecule has 9 heteroatoms. The van der Waals surface area contributed by atoms with Gasteiger partial charge in [-0.05, 0) is 19.8 Å². The van der Waals surface area contributed by atoms with E-state index in [1.54, 1.807) is 6.92 Å². The van der Waals surface area contributed by atoms with E-state index in [0.717, 1.165) is 24.4 Å². The Hall–Kier alpha value is -1.03. The standard InChI is InChI=1S/C13H20N4O3S2/c1-10-15-8-13(21-10)22(19,20)16-5-2-3-11(9-16)17-6-4-14-7-12(17)18/h8,11,14H,2-7,9H2,1H3. The second-order valence-corrected chi connectivity index (χ2v) is 9.02. The topological polar surface area (TPSA) is 82.6 Å². The molecule has 3 heterocycles. The molecule has 0 aromatic carbocycles. The molecular formula is C13H20N4O3S2. The highest BCUT2D eigenvalue weighted by atomic mass is 32.2. The van der Waals surface area contributed by atoms with Gasteiger partial charge >= 0.3 is 0 Å².